The number of rotatable bonds is 5. The van der Waals surface area contributed by atoms with Crippen molar-refractivity contribution in [2.45, 2.75) is 19.5 Å². The van der Waals surface area contributed by atoms with Crippen molar-refractivity contribution in [3.05, 3.63) is 69.8 Å². The number of benzene rings is 1. The van der Waals surface area contributed by atoms with Crippen molar-refractivity contribution in [3.8, 4) is 11.3 Å². The number of aromatic nitrogens is 2. The minimum absolute atomic E-state index is 0.259. The Labute approximate surface area is 158 Å². The van der Waals surface area contributed by atoms with E-state index in [1.807, 2.05) is 37.3 Å². The fourth-order valence-corrected chi connectivity index (χ4v) is 3.48. The standard InChI is InChI=1S/C19H16F3N3OS/c1-12-17(13-5-3-2-4-6-13)25-16(27-12)8-10-24-18(26)15-11-14(7-9-23-15)19(20,21)22/h2-7,9,11H,8,10H2,1H3,(H,24,26). The van der Waals surface area contributed by atoms with Crippen LogP contribution in [0.2, 0.25) is 0 Å². The Bertz CT molecular complexity index is 939. The molecule has 3 aromatic rings. The van der Waals surface area contributed by atoms with Gasteiger partial charge in [-0.2, -0.15) is 13.2 Å². The van der Waals surface area contributed by atoms with Crippen LogP contribution in [0.5, 0.6) is 0 Å². The molecule has 140 valence electrons. The molecule has 0 aliphatic carbocycles. The maximum atomic E-state index is 12.7. The first-order valence-electron chi connectivity index (χ1n) is 8.18. The van der Waals surface area contributed by atoms with Crippen molar-refractivity contribution in [2.24, 2.45) is 0 Å². The maximum Gasteiger partial charge on any atom is 0.416 e. The number of halogens is 3. The Morgan fingerprint density at radius 2 is 1.93 bits per heavy atom. The van der Waals surface area contributed by atoms with Gasteiger partial charge in [0.05, 0.1) is 16.3 Å². The lowest BCUT2D eigenvalue weighted by Gasteiger charge is -2.08. The molecule has 1 amide bonds. The highest BCUT2D eigenvalue weighted by atomic mass is 32.1. The average molecular weight is 391 g/mol. The van der Waals surface area contributed by atoms with Crippen LogP contribution in [0.4, 0.5) is 13.2 Å². The zero-order valence-electron chi connectivity index (χ0n) is 14.4. The van der Waals surface area contributed by atoms with Crippen LogP contribution in [-0.2, 0) is 12.6 Å². The van der Waals surface area contributed by atoms with Gasteiger partial charge in [-0.3, -0.25) is 9.78 Å². The van der Waals surface area contributed by atoms with Gasteiger partial charge in [0.2, 0.25) is 0 Å². The van der Waals surface area contributed by atoms with E-state index in [0.29, 0.717) is 6.42 Å². The van der Waals surface area contributed by atoms with Crippen LogP contribution < -0.4 is 5.32 Å². The lowest BCUT2D eigenvalue weighted by Crippen LogP contribution is -2.27. The van der Waals surface area contributed by atoms with Crippen molar-refractivity contribution >= 4 is 17.2 Å². The Hall–Kier alpha value is -2.74. The lowest BCUT2D eigenvalue weighted by molar-refractivity contribution is -0.137. The van der Waals surface area contributed by atoms with Crippen molar-refractivity contribution in [1.82, 2.24) is 15.3 Å². The summed E-state index contributed by atoms with van der Waals surface area (Å²) >= 11 is 1.54. The second kappa shape index (κ2) is 7.87. The summed E-state index contributed by atoms with van der Waals surface area (Å²) in [7, 11) is 0. The predicted molar refractivity (Wildman–Crippen MR) is 97.6 cm³/mol. The smallest absolute Gasteiger partial charge is 0.350 e. The normalized spacial score (nSPS) is 11.4. The van der Waals surface area contributed by atoms with Gasteiger partial charge >= 0.3 is 6.18 Å². The largest absolute Gasteiger partial charge is 0.416 e. The van der Waals surface area contributed by atoms with E-state index in [0.717, 1.165) is 39.5 Å². The molecule has 0 spiro atoms. The van der Waals surface area contributed by atoms with Gasteiger partial charge in [-0.05, 0) is 19.1 Å². The van der Waals surface area contributed by atoms with Gasteiger partial charge in [-0.15, -0.1) is 11.3 Å². The third kappa shape index (κ3) is 4.71. The molecule has 0 aliphatic rings. The predicted octanol–water partition coefficient (Wildman–Crippen LogP) is 4.50. The van der Waals surface area contributed by atoms with Crippen LogP contribution in [0.1, 0.15) is 25.9 Å². The zero-order valence-corrected chi connectivity index (χ0v) is 15.2. The number of hydrogen-bond acceptors (Lipinski definition) is 4. The highest BCUT2D eigenvalue weighted by Gasteiger charge is 2.31. The molecule has 8 heteroatoms. The SMILES string of the molecule is Cc1sc(CCNC(=O)c2cc(C(F)(F)F)ccn2)nc1-c1ccccc1. The molecule has 3 rings (SSSR count). The number of thiazole rings is 1. The number of amides is 1. The molecular weight excluding hydrogens is 375 g/mol. The molecule has 2 aromatic heterocycles. The summed E-state index contributed by atoms with van der Waals surface area (Å²) in [6.07, 6.45) is -3.04. The number of aryl methyl sites for hydroxylation is 1. The minimum atomic E-state index is -4.51. The number of carbonyl (C=O) groups is 1. The second-order valence-electron chi connectivity index (χ2n) is 5.81. The van der Waals surface area contributed by atoms with Gasteiger partial charge in [0.1, 0.15) is 5.69 Å². The van der Waals surface area contributed by atoms with Crippen molar-refractivity contribution in [2.75, 3.05) is 6.54 Å². The first-order valence-corrected chi connectivity index (χ1v) is 8.99. The fraction of sp³-hybridized carbons (Fsp3) is 0.211. The van der Waals surface area contributed by atoms with Crippen LogP contribution in [0.15, 0.2) is 48.7 Å². The van der Waals surface area contributed by atoms with Gasteiger partial charge in [0, 0.05) is 29.6 Å². The number of nitrogens with one attached hydrogen (secondary N) is 1. The number of hydrogen-bond donors (Lipinski definition) is 1. The molecule has 0 radical (unpaired) electrons. The van der Waals surface area contributed by atoms with E-state index in [-0.39, 0.29) is 12.2 Å². The van der Waals surface area contributed by atoms with E-state index in [9.17, 15) is 18.0 Å². The molecule has 0 saturated heterocycles. The Balaban J connectivity index is 1.61. The molecule has 1 N–H and O–H groups in total. The number of pyridine rings is 1. The molecule has 0 fully saturated rings. The van der Waals surface area contributed by atoms with Crippen molar-refractivity contribution in [3.63, 3.8) is 0 Å². The van der Waals surface area contributed by atoms with E-state index in [2.05, 4.69) is 15.3 Å². The Morgan fingerprint density at radius 3 is 2.63 bits per heavy atom. The van der Waals surface area contributed by atoms with Gasteiger partial charge in [0.25, 0.3) is 5.91 Å². The van der Waals surface area contributed by atoms with Crippen LogP contribution in [0.3, 0.4) is 0 Å². The monoisotopic (exact) mass is 391 g/mol. The first-order chi connectivity index (χ1) is 12.8. The quantitative estimate of drug-likeness (QED) is 0.697. The highest BCUT2D eigenvalue weighted by Crippen LogP contribution is 2.29. The van der Waals surface area contributed by atoms with Gasteiger partial charge in [-0.25, -0.2) is 4.98 Å². The molecular formula is C19H16F3N3OS. The molecule has 0 unspecified atom stereocenters. The average Bonchev–Trinajstić information content (AvgIpc) is 3.02. The number of nitrogens with zero attached hydrogens (tertiary/aromatic N) is 2. The lowest BCUT2D eigenvalue weighted by atomic mass is 10.1. The van der Waals surface area contributed by atoms with Crippen molar-refractivity contribution < 1.29 is 18.0 Å². The number of carbonyl (C=O) groups excluding carboxylic acids is 1. The van der Waals surface area contributed by atoms with Gasteiger partial charge in [0.15, 0.2) is 0 Å². The summed E-state index contributed by atoms with van der Waals surface area (Å²) in [5.41, 5.74) is 0.770. The van der Waals surface area contributed by atoms with Crippen LogP contribution >= 0.6 is 11.3 Å². The van der Waals surface area contributed by atoms with Gasteiger partial charge in [-0.1, -0.05) is 30.3 Å². The minimum Gasteiger partial charge on any atom is -0.350 e. The molecule has 4 nitrogen and oxygen atoms in total. The van der Waals surface area contributed by atoms with Crippen molar-refractivity contribution in [1.29, 1.82) is 0 Å². The summed E-state index contributed by atoms with van der Waals surface area (Å²) in [6.45, 7) is 2.24. The van der Waals surface area contributed by atoms with E-state index in [1.165, 1.54) is 11.3 Å². The fourth-order valence-electron chi connectivity index (χ4n) is 2.53. The van der Waals surface area contributed by atoms with E-state index >= 15 is 0 Å². The third-order valence-electron chi connectivity index (χ3n) is 3.83. The summed E-state index contributed by atoms with van der Waals surface area (Å²) in [6, 6.07) is 11.4. The van der Waals surface area contributed by atoms with E-state index in [1.54, 1.807) is 0 Å². The number of alkyl halides is 3. The van der Waals surface area contributed by atoms with E-state index in [4.69, 9.17) is 0 Å². The molecule has 0 saturated carbocycles. The second-order valence-corrected chi connectivity index (χ2v) is 7.10. The van der Waals surface area contributed by atoms with Crippen LogP contribution in [0, 0.1) is 6.92 Å². The third-order valence-corrected chi connectivity index (χ3v) is 4.86. The first kappa shape index (κ1) is 19.0. The summed E-state index contributed by atoms with van der Waals surface area (Å²) in [5.74, 6) is -0.641. The van der Waals surface area contributed by atoms with Gasteiger partial charge < -0.3 is 5.32 Å². The summed E-state index contributed by atoms with van der Waals surface area (Å²) < 4.78 is 38.2. The molecule has 0 bridgehead atoms. The van der Waals surface area contributed by atoms with Crippen LogP contribution in [-0.4, -0.2) is 22.4 Å². The van der Waals surface area contributed by atoms with E-state index < -0.39 is 17.6 Å². The maximum absolute atomic E-state index is 12.7. The van der Waals surface area contributed by atoms with Crippen LogP contribution in [0.25, 0.3) is 11.3 Å². The molecule has 2 heterocycles. The molecule has 27 heavy (non-hydrogen) atoms. The molecule has 0 atom stereocenters. The summed E-state index contributed by atoms with van der Waals surface area (Å²) in [5, 5.41) is 3.44. The molecule has 0 aliphatic heterocycles. The highest BCUT2D eigenvalue weighted by molar-refractivity contribution is 7.12. The molecule has 1 aromatic carbocycles. The Morgan fingerprint density at radius 1 is 1.19 bits per heavy atom. The zero-order chi connectivity index (χ0) is 19.4. The summed E-state index contributed by atoms with van der Waals surface area (Å²) in [4.78, 5) is 21.4. The Kier molecular flexibility index (Phi) is 5.55. The topological polar surface area (TPSA) is 54.9 Å².